The Morgan fingerprint density at radius 2 is 1.50 bits per heavy atom. The second kappa shape index (κ2) is 10.4. The summed E-state index contributed by atoms with van der Waals surface area (Å²) in [7, 11) is 2.99. The molecular formula is C28H26N2O6. The molecule has 4 rings (SSSR count). The van der Waals surface area contributed by atoms with Crippen molar-refractivity contribution in [3.63, 3.8) is 0 Å². The van der Waals surface area contributed by atoms with Crippen LogP contribution in [0.1, 0.15) is 59.5 Å². The number of imide groups is 1. The molecule has 1 aliphatic heterocycles. The second-order valence-electron chi connectivity index (χ2n) is 8.36. The third-order valence-electron chi connectivity index (χ3n) is 5.93. The first-order chi connectivity index (χ1) is 17.3. The molecule has 0 fully saturated rings. The van der Waals surface area contributed by atoms with Gasteiger partial charge in [0.2, 0.25) is 0 Å². The minimum atomic E-state index is -0.429. The molecule has 0 radical (unpaired) electrons. The first-order valence-electron chi connectivity index (χ1n) is 11.5. The van der Waals surface area contributed by atoms with E-state index >= 15 is 0 Å². The van der Waals surface area contributed by atoms with Crippen LogP contribution in [0.4, 0.5) is 0 Å². The highest BCUT2D eigenvalue weighted by molar-refractivity contribution is 6.21. The SMILES string of the molecule is CCOc1ccc(CN2C(=O)c3ccccc3C2=O)cc1C(=O)N(C)Cc1ccc(C(=O)OC)cc1. The summed E-state index contributed by atoms with van der Waals surface area (Å²) in [6.45, 7) is 2.54. The predicted octanol–water partition coefficient (Wildman–Crippen LogP) is 3.94. The van der Waals surface area contributed by atoms with Crippen LogP contribution in [0.5, 0.6) is 5.75 Å². The zero-order chi connectivity index (χ0) is 25.8. The third-order valence-corrected chi connectivity index (χ3v) is 5.93. The second-order valence-corrected chi connectivity index (χ2v) is 8.36. The molecule has 0 saturated heterocycles. The summed E-state index contributed by atoms with van der Waals surface area (Å²) >= 11 is 0. The molecule has 184 valence electrons. The molecule has 0 N–H and O–H groups in total. The van der Waals surface area contributed by atoms with Crippen LogP contribution in [0.3, 0.4) is 0 Å². The molecule has 1 heterocycles. The fourth-order valence-corrected chi connectivity index (χ4v) is 4.10. The van der Waals surface area contributed by atoms with Gasteiger partial charge in [0.25, 0.3) is 17.7 Å². The average Bonchev–Trinajstić information content (AvgIpc) is 3.14. The van der Waals surface area contributed by atoms with E-state index in [4.69, 9.17) is 9.47 Å². The summed E-state index contributed by atoms with van der Waals surface area (Å²) in [6, 6.07) is 18.6. The monoisotopic (exact) mass is 486 g/mol. The van der Waals surface area contributed by atoms with Crippen molar-refractivity contribution in [2.24, 2.45) is 0 Å². The van der Waals surface area contributed by atoms with Crippen LogP contribution in [0, 0.1) is 0 Å². The van der Waals surface area contributed by atoms with Crippen LogP contribution < -0.4 is 4.74 Å². The van der Waals surface area contributed by atoms with Crippen molar-refractivity contribution in [1.82, 2.24) is 9.80 Å². The molecule has 3 aromatic carbocycles. The molecule has 1 aliphatic rings. The number of benzene rings is 3. The zero-order valence-electron chi connectivity index (χ0n) is 20.3. The highest BCUT2D eigenvalue weighted by atomic mass is 16.5. The van der Waals surface area contributed by atoms with Gasteiger partial charge in [0.15, 0.2) is 0 Å². The first-order valence-corrected chi connectivity index (χ1v) is 11.5. The Bertz CT molecular complexity index is 1300. The Morgan fingerprint density at radius 1 is 0.889 bits per heavy atom. The lowest BCUT2D eigenvalue weighted by Crippen LogP contribution is -2.30. The number of nitrogens with zero attached hydrogens (tertiary/aromatic N) is 2. The van der Waals surface area contributed by atoms with Gasteiger partial charge in [-0.1, -0.05) is 30.3 Å². The summed E-state index contributed by atoms with van der Waals surface area (Å²) < 4.78 is 10.4. The summed E-state index contributed by atoms with van der Waals surface area (Å²) in [6.07, 6.45) is 0. The maximum atomic E-state index is 13.4. The van der Waals surface area contributed by atoms with Crippen LogP contribution in [0.15, 0.2) is 66.7 Å². The molecule has 3 aromatic rings. The fraction of sp³-hybridized carbons (Fsp3) is 0.214. The lowest BCUT2D eigenvalue weighted by Gasteiger charge is -2.21. The summed E-state index contributed by atoms with van der Waals surface area (Å²) in [5, 5.41) is 0. The van der Waals surface area contributed by atoms with Crippen molar-refractivity contribution in [3.05, 3.63) is 100 Å². The van der Waals surface area contributed by atoms with Crippen LogP contribution in [0.2, 0.25) is 0 Å². The van der Waals surface area contributed by atoms with Gasteiger partial charge in [-0.25, -0.2) is 4.79 Å². The number of hydrogen-bond donors (Lipinski definition) is 0. The zero-order valence-corrected chi connectivity index (χ0v) is 20.3. The van der Waals surface area contributed by atoms with Gasteiger partial charge in [0.05, 0.1) is 42.5 Å². The molecule has 36 heavy (non-hydrogen) atoms. The molecule has 8 nitrogen and oxygen atoms in total. The molecule has 0 saturated carbocycles. The van der Waals surface area contributed by atoms with Crippen LogP contribution in [-0.2, 0) is 17.8 Å². The molecular weight excluding hydrogens is 460 g/mol. The molecule has 0 spiro atoms. The van der Waals surface area contributed by atoms with Gasteiger partial charge >= 0.3 is 5.97 Å². The minimum absolute atomic E-state index is 0.0394. The normalized spacial score (nSPS) is 12.4. The average molecular weight is 487 g/mol. The molecule has 0 aromatic heterocycles. The Kier molecular flexibility index (Phi) is 7.15. The van der Waals surface area contributed by atoms with Crippen molar-refractivity contribution in [2.75, 3.05) is 20.8 Å². The van der Waals surface area contributed by atoms with E-state index in [9.17, 15) is 19.2 Å². The smallest absolute Gasteiger partial charge is 0.337 e. The van der Waals surface area contributed by atoms with Crippen molar-refractivity contribution >= 4 is 23.7 Å². The number of amides is 3. The number of ether oxygens (including phenoxy) is 2. The molecule has 0 bridgehead atoms. The maximum absolute atomic E-state index is 13.4. The third kappa shape index (κ3) is 4.84. The molecule has 0 atom stereocenters. The fourth-order valence-electron chi connectivity index (χ4n) is 4.10. The predicted molar refractivity (Wildman–Crippen MR) is 132 cm³/mol. The topological polar surface area (TPSA) is 93.2 Å². The maximum Gasteiger partial charge on any atom is 0.337 e. The summed E-state index contributed by atoms with van der Waals surface area (Å²) in [4.78, 5) is 53.3. The minimum Gasteiger partial charge on any atom is -0.493 e. The van der Waals surface area contributed by atoms with E-state index in [1.165, 1.54) is 16.9 Å². The number of fused-ring (bicyclic) bond motifs is 1. The van der Waals surface area contributed by atoms with E-state index in [1.807, 2.05) is 6.92 Å². The van der Waals surface area contributed by atoms with Crippen molar-refractivity contribution in [3.8, 4) is 5.75 Å². The number of rotatable bonds is 8. The Balaban J connectivity index is 1.54. The Hall–Kier alpha value is -4.46. The van der Waals surface area contributed by atoms with Crippen molar-refractivity contribution in [2.45, 2.75) is 20.0 Å². The van der Waals surface area contributed by atoms with Crippen LogP contribution in [0.25, 0.3) is 0 Å². The van der Waals surface area contributed by atoms with Crippen molar-refractivity contribution in [1.29, 1.82) is 0 Å². The summed E-state index contributed by atoms with van der Waals surface area (Å²) in [5.41, 5.74) is 2.98. The van der Waals surface area contributed by atoms with Crippen LogP contribution in [-0.4, -0.2) is 54.3 Å². The van der Waals surface area contributed by atoms with Gasteiger partial charge in [-0.15, -0.1) is 0 Å². The lowest BCUT2D eigenvalue weighted by molar-refractivity contribution is 0.0597. The quantitative estimate of drug-likeness (QED) is 0.354. The van der Waals surface area contributed by atoms with E-state index < -0.39 is 5.97 Å². The number of methoxy groups -OCH3 is 1. The number of carbonyl (C=O) groups excluding carboxylic acids is 4. The van der Waals surface area contributed by atoms with Crippen LogP contribution >= 0.6 is 0 Å². The van der Waals surface area contributed by atoms with E-state index in [-0.39, 0.29) is 24.3 Å². The molecule has 0 aliphatic carbocycles. The molecule has 0 unspecified atom stereocenters. The van der Waals surface area contributed by atoms with Gasteiger partial charge in [0, 0.05) is 13.6 Å². The number of esters is 1. The van der Waals surface area contributed by atoms with E-state index in [0.29, 0.717) is 46.7 Å². The van der Waals surface area contributed by atoms with Crippen molar-refractivity contribution < 1.29 is 28.7 Å². The summed E-state index contributed by atoms with van der Waals surface area (Å²) in [5.74, 6) is -1.00. The van der Waals surface area contributed by atoms with Gasteiger partial charge in [0.1, 0.15) is 5.75 Å². The van der Waals surface area contributed by atoms with Gasteiger partial charge in [-0.05, 0) is 54.4 Å². The van der Waals surface area contributed by atoms with Gasteiger partial charge < -0.3 is 14.4 Å². The van der Waals surface area contributed by atoms with Gasteiger partial charge in [-0.3, -0.25) is 19.3 Å². The highest BCUT2D eigenvalue weighted by Gasteiger charge is 2.35. The lowest BCUT2D eigenvalue weighted by atomic mass is 10.1. The Labute approximate surface area is 209 Å². The van der Waals surface area contributed by atoms with E-state index in [0.717, 1.165) is 5.56 Å². The number of carbonyl (C=O) groups is 4. The Morgan fingerprint density at radius 3 is 2.08 bits per heavy atom. The molecule has 8 heteroatoms. The molecule has 3 amide bonds. The van der Waals surface area contributed by atoms with E-state index in [2.05, 4.69) is 0 Å². The first kappa shape index (κ1) is 24.7. The standard InChI is InChI=1S/C28H26N2O6/c1-4-36-24-14-11-19(17-30-26(32)21-7-5-6-8-22(21)27(30)33)15-23(24)25(31)29(2)16-18-9-12-20(13-10-18)28(34)35-3/h5-15H,4,16-17H2,1-3H3. The van der Waals surface area contributed by atoms with Gasteiger partial charge in [-0.2, -0.15) is 0 Å². The largest absolute Gasteiger partial charge is 0.493 e. The highest BCUT2D eigenvalue weighted by Crippen LogP contribution is 2.27. The number of hydrogen-bond acceptors (Lipinski definition) is 6. The van der Waals surface area contributed by atoms with E-state index in [1.54, 1.807) is 73.8 Å².